The summed E-state index contributed by atoms with van der Waals surface area (Å²) < 4.78 is 2.00. The molecule has 122 valence electrons. The first-order chi connectivity index (χ1) is 11.5. The van der Waals surface area contributed by atoms with Crippen molar-refractivity contribution in [2.24, 2.45) is 0 Å². The molecule has 5 nitrogen and oxygen atoms in total. The zero-order valence-electron chi connectivity index (χ0n) is 13.1. The topological polar surface area (TPSA) is 48.9 Å². The highest BCUT2D eigenvalue weighted by Crippen LogP contribution is 2.30. The molecule has 2 aromatic heterocycles. The van der Waals surface area contributed by atoms with Crippen LogP contribution in [0.2, 0.25) is 10.0 Å². The molecular weight excluding hydrogens is 345 g/mol. The van der Waals surface area contributed by atoms with Crippen molar-refractivity contribution in [2.45, 2.75) is 0 Å². The van der Waals surface area contributed by atoms with Gasteiger partial charge in [-0.15, -0.1) is 0 Å². The van der Waals surface area contributed by atoms with E-state index in [0.717, 1.165) is 27.6 Å². The first kappa shape index (κ1) is 15.2. The number of fused-ring (bicyclic) bond motifs is 2. The molecule has 0 aliphatic heterocycles. The van der Waals surface area contributed by atoms with E-state index in [1.54, 1.807) is 0 Å². The van der Waals surface area contributed by atoms with Crippen LogP contribution in [0, 0.1) is 0 Å². The molecule has 0 unspecified atom stereocenters. The molecule has 24 heavy (non-hydrogen) atoms. The molecule has 0 atom stereocenters. The van der Waals surface area contributed by atoms with Crippen molar-refractivity contribution < 1.29 is 0 Å². The van der Waals surface area contributed by atoms with Gasteiger partial charge in [0, 0.05) is 41.2 Å². The number of halogens is 2. The largest absolute Gasteiger partial charge is 0.359 e. The SMILES string of the molecule is CN(C)n1c(Nc2c[nH]c3ccc(Cl)cc23)nc2cc(Cl)ccc21. The third-order valence-electron chi connectivity index (χ3n) is 3.88. The minimum absolute atomic E-state index is 0.663. The van der Waals surface area contributed by atoms with E-state index >= 15 is 0 Å². The fourth-order valence-corrected chi connectivity index (χ4v) is 3.18. The number of rotatable bonds is 3. The Balaban J connectivity index is 1.86. The Morgan fingerprint density at radius 3 is 2.62 bits per heavy atom. The molecule has 2 heterocycles. The molecule has 2 aromatic carbocycles. The summed E-state index contributed by atoms with van der Waals surface area (Å²) in [5, 5.41) is 7.72. The second-order valence-electron chi connectivity index (χ2n) is 5.74. The fourth-order valence-electron chi connectivity index (χ4n) is 2.84. The maximum absolute atomic E-state index is 6.13. The predicted molar refractivity (Wildman–Crippen MR) is 101 cm³/mol. The Kier molecular flexibility index (Phi) is 3.55. The van der Waals surface area contributed by atoms with Gasteiger partial charge in [0.15, 0.2) is 0 Å². The van der Waals surface area contributed by atoms with Crippen molar-refractivity contribution >= 4 is 56.8 Å². The maximum atomic E-state index is 6.13. The van der Waals surface area contributed by atoms with Crippen LogP contribution in [0.1, 0.15) is 0 Å². The summed E-state index contributed by atoms with van der Waals surface area (Å²) in [6.45, 7) is 0. The molecule has 0 aliphatic rings. The summed E-state index contributed by atoms with van der Waals surface area (Å²) in [6, 6.07) is 11.4. The van der Waals surface area contributed by atoms with Crippen molar-refractivity contribution in [1.29, 1.82) is 0 Å². The number of hydrogen-bond acceptors (Lipinski definition) is 3. The predicted octanol–water partition coefficient (Wildman–Crippen LogP) is 4.77. The summed E-state index contributed by atoms with van der Waals surface area (Å²) in [6.07, 6.45) is 1.91. The smallest absolute Gasteiger partial charge is 0.227 e. The van der Waals surface area contributed by atoms with Crippen LogP contribution >= 0.6 is 23.2 Å². The van der Waals surface area contributed by atoms with Gasteiger partial charge in [-0.3, -0.25) is 0 Å². The quantitative estimate of drug-likeness (QED) is 0.554. The maximum Gasteiger partial charge on any atom is 0.227 e. The number of nitrogens with zero attached hydrogens (tertiary/aromatic N) is 3. The minimum Gasteiger partial charge on any atom is -0.359 e. The van der Waals surface area contributed by atoms with Crippen LogP contribution in [0.5, 0.6) is 0 Å². The lowest BCUT2D eigenvalue weighted by molar-refractivity contribution is 0.763. The van der Waals surface area contributed by atoms with E-state index in [1.165, 1.54) is 0 Å². The Hall–Kier alpha value is -2.37. The first-order valence-corrected chi connectivity index (χ1v) is 8.18. The number of nitrogens with one attached hydrogen (secondary N) is 2. The molecular formula is C17H15Cl2N5. The van der Waals surface area contributed by atoms with Gasteiger partial charge >= 0.3 is 0 Å². The van der Waals surface area contributed by atoms with Crippen molar-refractivity contribution in [3.8, 4) is 0 Å². The van der Waals surface area contributed by atoms with Gasteiger partial charge in [-0.1, -0.05) is 23.2 Å². The number of aromatic amines is 1. The molecule has 0 fully saturated rings. The molecule has 0 bridgehead atoms. The Labute approximate surface area is 148 Å². The zero-order valence-corrected chi connectivity index (χ0v) is 14.7. The van der Waals surface area contributed by atoms with Gasteiger partial charge in [-0.25, -0.2) is 9.66 Å². The molecule has 0 radical (unpaired) electrons. The molecule has 4 aromatic rings. The highest BCUT2D eigenvalue weighted by atomic mass is 35.5. The van der Waals surface area contributed by atoms with E-state index in [9.17, 15) is 0 Å². The summed E-state index contributed by atoms with van der Waals surface area (Å²) in [4.78, 5) is 7.91. The van der Waals surface area contributed by atoms with Gasteiger partial charge in [-0.05, 0) is 36.4 Å². The van der Waals surface area contributed by atoms with E-state index < -0.39 is 0 Å². The van der Waals surface area contributed by atoms with Crippen LogP contribution < -0.4 is 10.3 Å². The van der Waals surface area contributed by atoms with E-state index in [2.05, 4.69) is 15.3 Å². The minimum atomic E-state index is 0.663. The average molecular weight is 360 g/mol. The third-order valence-corrected chi connectivity index (χ3v) is 4.35. The zero-order chi connectivity index (χ0) is 16.8. The van der Waals surface area contributed by atoms with Gasteiger partial charge in [0.25, 0.3) is 0 Å². The molecule has 0 saturated heterocycles. The fraction of sp³-hybridized carbons (Fsp3) is 0.118. The number of hydrogen-bond donors (Lipinski definition) is 2. The molecule has 0 spiro atoms. The van der Waals surface area contributed by atoms with Crippen molar-refractivity contribution in [3.63, 3.8) is 0 Å². The molecule has 2 N–H and O–H groups in total. The highest BCUT2D eigenvalue weighted by molar-refractivity contribution is 6.31. The number of aromatic nitrogens is 3. The van der Waals surface area contributed by atoms with E-state index in [0.29, 0.717) is 16.0 Å². The Morgan fingerprint density at radius 1 is 1.08 bits per heavy atom. The number of anilines is 2. The van der Waals surface area contributed by atoms with Gasteiger partial charge < -0.3 is 15.3 Å². The molecule has 4 rings (SSSR count). The van der Waals surface area contributed by atoms with Crippen LogP contribution in [0.3, 0.4) is 0 Å². The van der Waals surface area contributed by atoms with Gasteiger partial charge in [-0.2, -0.15) is 0 Å². The third kappa shape index (κ3) is 2.46. The van der Waals surface area contributed by atoms with Crippen LogP contribution in [0.25, 0.3) is 21.9 Å². The lowest BCUT2D eigenvalue weighted by atomic mass is 10.2. The van der Waals surface area contributed by atoms with Crippen molar-refractivity contribution in [2.75, 3.05) is 24.4 Å². The highest BCUT2D eigenvalue weighted by Gasteiger charge is 2.14. The van der Waals surface area contributed by atoms with Crippen LogP contribution in [0.15, 0.2) is 42.6 Å². The van der Waals surface area contributed by atoms with Gasteiger partial charge in [0.05, 0.1) is 16.7 Å². The Morgan fingerprint density at radius 2 is 1.83 bits per heavy atom. The Bertz CT molecular complexity index is 1050. The van der Waals surface area contributed by atoms with Gasteiger partial charge in [0.1, 0.15) is 0 Å². The molecule has 0 aliphatic carbocycles. The number of H-pyrrole nitrogens is 1. The molecule has 0 saturated carbocycles. The van der Waals surface area contributed by atoms with Crippen molar-refractivity contribution in [3.05, 3.63) is 52.6 Å². The monoisotopic (exact) mass is 359 g/mol. The average Bonchev–Trinajstić information content (AvgIpc) is 3.08. The second-order valence-corrected chi connectivity index (χ2v) is 6.62. The van der Waals surface area contributed by atoms with Crippen LogP contribution in [-0.2, 0) is 0 Å². The molecule has 7 heteroatoms. The lowest BCUT2D eigenvalue weighted by Gasteiger charge is -2.18. The molecule has 0 amide bonds. The van der Waals surface area contributed by atoms with Crippen LogP contribution in [-0.4, -0.2) is 28.7 Å². The number of benzene rings is 2. The van der Waals surface area contributed by atoms with E-state index in [-0.39, 0.29) is 0 Å². The standard InChI is InChI=1S/C17H15Cl2N5/c1-23(2)24-16-6-4-11(19)8-14(16)21-17(24)22-15-9-20-13-5-3-10(18)7-12(13)15/h3-9,20H,1-2H3,(H,21,22). The summed E-state index contributed by atoms with van der Waals surface area (Å²) in [7, 11) is 3.93. The lowest BCUT2D eigenvalue weighted by Crippen LogP contribution is -2.25. The normalized spacial score (nSPS) is 11.3. The van der Waals surface area contributed by atoms with Gasteiger partial charge in [0.2, 0.25) is 5.95 Å². The van der Waals surface area contributed by atoms with Crippen LogP contribution in [0.4, 0.5) is 11.6 Å². The first-order valence-electron chi connectivity index (χ1n) is 7.42. The summed E-state index contributed by atoms with van der Waals surface area (Å²) in [5.41, 5.74) is 3.73. The summed E-state index contributed by atoms with van der Waals surface area (Å²) in [5.74, 6) is 0.707. The second kappa shape index (κ2) is 5.61. The van der Waals surface area contributed by atoms with Crippen molar-refractivity contribution in [1.82, 2.24) is 14.6 Å². The van der Waals surface area contributed by atoms with E-state index in [1.807, 2.05) is 66.4 Å². The number of imidazole rings is 1. The summed E-state index contributed by atoms with van der Waals surface area (Å²) >= 11 is 12.2. The van der Waals surface area contributed by atoms with E-state index in [4.69, 9.17) is 23.2 Å².